The first-order valence-corrected chi connectivity index (χ1v) is 6.32. The molecular formula is C13H20O4. The zero-order valence-corrected chi connectivity index (χ0v) is 10.9. The fourth-order valence-corrected chi connectivity index (χ4v) is 3.01. The van der Waals surface area contributed by atoms with E-state index in [4.69, 9.17) is 9.47 Å². The number of rotatable bonds is 0. The zero-order chi connectivity index (χ0) is 12.8. The Kier molecular flexibility index (Phi) is 2.92. The molecule has 4 atom stereocenters. The molecule has 0 aromatic rings. The molecule has 2 saturated heterocycles. The van der Waals surface area contributed by atoms with Gasteiger partial charge in [-0.3, -0.25) is 9.59 Å². The van der Waals surface area contributed by atoms with Gasteiger partial charge in [0.2, 0.25) is 0 Å². The first-order chi connectivity index (χ1) is 7.86. The van der Waals surface area contributed by atoms with Crippen LogP contribution in [0, 0.1) is 23.7 Å². The minimum absolute atomic E-state index is 0.0571. The van der Waals surface area contributed by atoms with Crippen molar-refractivity contribution >= 4 is 11.9 Å². The van der Waals surface area contributed by atoms with Gasteiger partial charge in [0, 0.05) is 11.8 Å². The molecule has 96 valence electrons. The lowest BCUT2D eigenvalue weighted by Crippen LogP contribution is -2.58. The van der Waals surface area contributed by atoms with E-state index < -0.39 is 5.79 Å². The summed E-state index contributed by atoms with van der Waals surface area (Å²) in [6, 6.07) is 0. The van der Waals surface area contributed by atoms with Gasteiger partial charge < -0.3 is 9.47 Å². The minimum atomic E-state index is -1.02. The van der Waals surface area contributed by atoms with Gasteiger partial charge in [-0.1, -0.05) is 27.7 Å². The fraction of sp³-hybridized carbons (Fsp3) is 0.846. The Labute approximate surface area is 102 Å². The van der Waals surface area contributed by atoms with Crippen molar-refractivity contribution in [1.29, 1.82) is 0 Å². The molecule has 1 spiro atoms. The molecule has 17 heavy (non-hydrogen) atoms. The SMILES string of the molecule is CC1CC(C)C2(OC1=O)OC(=O)C(C)CC2C. The van der Waals surface area contributed by atoms with Gasteiger partial charge in [0.25, 0.3) is 5.79 Å². The lowest BCUT2D eigenvalue weighted by molar-refractivity contribution is -0.295. The molecule has 0 saturated carbocycles. The van der Waals surface area contributed by atoms with E-state index >= 15 is 0 Å². The van der Waals surface area contributed by atoms with Crippen LogP contribution in [0.5, 0.6) is 0 Å². The number of carbonyl (C=O) groups excluding carboxylic acids is 2. The molecule has 0 amide bonds. The van der Waals surface area contributed by atoms with E-state index in [1.807, 2.05) is 27.7 Å². The first kappa shape index (κ1) is 12.4. The molecule has 0 aromatic carbocycles. The predicted molar refractivity (Wildman–Crippen MR) is 60.8 cm³/mol. The van der Waals surface area contributed by atoms with Crippen molar-refractivity contribution in [2.75, 3.05) is 0 Å². The van der Waals surface area contributed by atoms with Crippen molar-refractivity contribution in [3.8, 4) is 0 Å². The Hall–Kier alpha value is -1.06. The van der Waals surface area contributed by atoms with Crippen LogP contribution in [0.2, 0.25) is 0 Å². The lowest BCUT2D eigenvalue weighted by Gasteiger charge is -2.49. The summed E-state index contributed by atoms with van der Waals surface area (Å²) in [6.07, 6.45) is 1.43. The third-order valence-corrected chi connectivity index (χ3v) is 4.11. The van der Waals surface area contributed by atoms with Crippen molar-refractivity contribution in [2.24, 2.45) is 23.7 Å². The summed E-state index contributed by atoms with van der Waals surface area (Å²) in [6.45, 7) is 7.68. The van der Waals surface area contributed by atoms with E-state index in [9.17, 15) is 9.59 Å². The Morgan fingerprint density at radius 3 is 1.59 bits per heavy atom. The summed E-state index contributed by atoms with van der Waals surface area (Å²) >= 11 is 0. The average molecular weight is 240 g/mol. The molecular weight excluding hydrogens is 220 g/mol. The van der Waals surface area contributed by atoms with Crippen molar-refractivity contribution in [3.05, 3.63) is 0 Å². The lowest BCUT2D eigenvalue weighted by atomic mass is 9.76. The molecule has 2 aliphatic heterocycles. The smallest absolute Gasteiger partial charge is 0.311 e. The van der Waals surface area contributed by atoms with Crippen LogP contribution in [0.1, 0.15) is 40.5 Å². The predicted octanol–water partition coefficient (Wildman–Crippen LogP) is 2.12. The van der Waals surface area contributed by atoms with E-state index in [1.54, 1.807) is 0 Å². The van der Waals surface area contributed by atoms with Crippen LogP contribution >= 0.6 is 0 Å². The van der Waals surface area contributed by atoms with Gasteiger partial charge in [0.15, 0.2) is 0 Å². The largest absolute Gasteiger partial charge is 0.422 e. The molecule has 0 N–H and O–H groups in total. The molecule has 2 fully saturated rings. The van der Waals surface area contributed by atoms with Crippen molar-refractivity contribution in [3.63, 3.8) is 0 Å². The molecule has 0 radical (unpaired) electrons. The fourth-order valence-electron chi connectivity index (χ4n) is 3.01. The number of carbonyl (C=O) groups is 2. The quantitative estimate of drug-likeness (QED) is 0.609. The second kappa shape index (κ2) is 4.00. The highest BCUT2D eigenvalue weighted by Crippen LogP contribution is 2.45. The van der Waals surface area contributed by atoms with Gasteiger partial charge in [-0.2, -0.15) is 0 Å². The van der Waals surface area contributed by atoms with Crippen LogP contribution in [0.15, 0.2) is 0 Å². The van der Waals surface area contributed by atoms with Gasteiger partial charge >= 0.3 is 11.9 Å². The van der Waals surface area contributed by atoms with Crippen molar-refractivity contribution in [2.45, 2.75) is 46.3 Å². The van der Waals surface area contributed by atoms with Gasteiger partial charge in [-0.15, -0.1) is 0 Å². The Morgan fingerprint density at radius 1 is 0.882 bits per heavy atom. The van der Waals surface area contributed by atoms with Gasteiger partial charge in [0.05, 0.1) is 11.8 Å². The van der Waals surface area contributed by atoms with Gasteiger partial charge in [0.1, 0.15) is 0 Å². The molecule has 2 aliphatic rings. The second-order valence-corrected chi connectivity index (χ2v) is 5.64. The third-order valence-electron chi connectivity index (χ3n) is 4.11. The maximum atomic E-state index is 11.7. The molecule has 2 rings (SSSR count). The third kappa shape index (κ3) is 1.83. The zero-order valence-electron chi connectivity index (χ0n) is 10.9. The monoisotopic (exact) mass is 240 g/mol. The van der Waals surface area contributed by atoms with Crippen LogP contribution in [0.25, 0.3) is 0 Å². The minimum Gasteiger partial charge on any atom is -0.422 e. The van der Waals surface area contributed by atoms with Crippen LogP contribution in [-0.2, 0) is 19.1 Å². The van der Waals surface area contributed by atoms with Crippen LogP contribution in [0.3, 0.4) is 0 Å². The van der Waals surface area contributed by atoms with E-state index in [0.717, 1.165) is 0 Å². The van der Waals surface area contributed by atoms with Crippen molar-refractivity contribution in [1.82, 2.24) is 0 Å². The molecule has 0 aromatic heterocycles. The number of ether oxygens (including phenoxy) is 2. The highest BCUT2D eigenvalue weighted by atomic mass is 16.7. The van der Waals surface area contributed by atoms with Crippen LogP contribution in [-0.4, -0.2) is 17.7 Å². The Morgan fingerprint density at radius 2 is 1.24 bits per heavy atom. The highest BCUT2D eigenvalue weighted by molar-refractivity contribution is 5.76. The maximum Gasteiger partial charge on any atom is 0.311 e. The second-order valence-electron chi connectivity index (χ2n) is 5.64. The summed E-state index contributed by atoms with van der Waals surface area (Å²) in [5, 5.41) is 0. The Balaban J connectivity index is 2.28. The topological polar surface area (TPSA) is 52.6 Å². The van der Waals surface area contributed by atoms with Gasteiger partial charge in [-0.05, 0) is 12.8 Å². The van der Waals surface area contributed by atoms with E-state index in [2.05, 4.69) is 0 Å². The van der Waals surface area contributed by atoms with Crippen LogP contribution in [0.4, 0.5) is 0 Å². The molecule has 0 bridgehead atoms. The van der Waals surface area contributed by atoms with E-state index in [0.29, 0.717) is 12.8 Å². The summed E-state index contributed by atoms with van der Waals surface area (Å²) < 4.78 is 11.0. The standard InChI is InChI=1S/C13H20O4/c1-7-5-9(3)13(16-11(7)14)10(4)6-8(2)12(15)17-13/h7-10H,5-6H2,1-4H3. The summed E-state index contributed by atoms with van der Waals surface area (Å²) in [4.78, 5) is 23.5. The van der Waals surface area contributed by atoms with E-state index in [-0.39, 0.29) is 35.6 Å². The maximum absolute atomic E-state index is 11.7. The summed E-state index contributed by atoms with van der Waals surface area (Å²) in [5.74, 6) is -1.63. The molecule has 4 unspecified atom stereocenters. The Bertz CT molecular complexity index is 315. The highest BCUT2D eigenvalue weighted by Gasteiger charge is 2.56. The van der Waals surface area contributed by atoms with Crippen LogP contribution < -0.4 is 0 Å². The first-order valence-electron chi connectivity index (χ1n) is 6.32. The van der Waals surface area contributed by atoms with E-state index in [1.165, 1.54) is 0 Å². The summed E-state index contributed by atoms with van der Waals surface area (Å²) in [5.41, 5.74) is 0. The number of hydrogen-bond donors (Lipinski definition) is 0. The average Bonchev–Trinajstić information content (AvgIpc) is 2.23. The summed E-state index contributed by atoms with van der Waals surface area (Å²) in [7, 11) is 0. The molecule has 4 nitrogen and oxygen atoms in total. The number of hydrogen-bond acceptors (Lipinski definition) is 4. The molecule has 0 aliphatic carbocycles. The number of esters is 2. The molecule has 2 heterocycles. The normalized spacial score (nSPS) is 46.6. The van der Waals surface area contributed by atoms with Gasteiger partial charge in [-0.25, -0.2) is 0 Å². The van der Waals surface area contributed by atoms with Crippen molar-refractivity contribution < 1.29 is 19.1 Å². The molecule has 4 heteroatoms.